The first-order chi connectivity index (χ1) is 3.00. The summed E-state index contributed by atoms with van der Waals surface area (Å²) in [7, 11) is 0. The Labute approximate surface area is 86.8 Å². The average molecular weight is 194 g/mol. The fraction of sp³-hybridized carbons (Fsp3) is 0. The van der Waals surface area contributed by atoms with Gasteiger partial charge in [-0.05, 0) is 11.8 Å². The number of rotatable bonds is 0. The van der Waals surface area contributed by atoms with Crippen molar-refractivity contribution in [2.24, 2.45) is 5.25 Å². The molecular formula is H2CaCl3NO2. The molecule has 0 aromatic carbocycles. The monoisotopic (exact) mass is 193 g/mol. The molecule has 0 amide bonds. The molecule has 0 bridgehead atoms. The van der Waals surface area contributed by atoms with Crippen LogP contribution in [0.4, 0.5) is 0 Å². The SMILES string of the molecule is NCl.[Ca+2].[O-]Cl.[O-]Cl. The van der Waals surface area contributed by atoms with Gasteiger partial charge in [0.1, 0.15) is 0 Å². The van der Waals surface area contributed by atoms with E-state index in [4.69, 9.17) is 9.32 Å². The minimum absolute atomic E-state index is 0. The van der Waals surface area contributed by atoms with E-state index in [1.165, 1.54) is 0 Å². The Morgan fingerprint density at radius 3 is 0.857 bits per heavy atom. The summed E-state index contributed by atoms with van der Waals surface area (Å²) >= 11 is 10.9. The van der Waals surface area contributed by atoms with Crippen molar-refractivity contribution in [2.75, 3.05) is 0 Å². The van der Waals surface area contributed by atoms with Gasteiger partial charge >= 0.3 is 37.7 Å². The van der Waals surface area contributed by atoms with Gasteiger partial charge in [-0.25, -0.2) is 29.0 Å². The molecule has 0 fully saturated rings. The molecule has 0 aliphatic carbocycles. The van der Waals surface area contributed by atoms with Crippen LogP contribution in [-0.2, 0) is 0 Å². The Kier molecular flexibility index (Phi) is 321. The molecule has 0 atom stereocenters. The van der Waals surface area contributed by atoms with Crippen LogP contribution < -0.4 is 14.6 Å². The Morgan fingerprint density at radius 2 is 0.857 bits per heavy atom. The van der Waals surface area contributed by atoms with E-state index in [9.17, 15) is 0 Å². The van der Waals surface area contributed by atoms with Gasteiger partial charge in [-0.1, -0.05) is 0 Å². The zero-order chi connectivity index (χ0) is 6.00. The Balaban J connectivity index is -0.00000000900. The summed E-state index contributed by atoms with van der Waals surface area (Å²) in [4.78, 5) is 0. The summed E-state index contributed by atoms with van der Waals surface area (Å²) in [5.41, 5.74) is 0. The fourth-order valence-corrected chi connectivity index (χ4v) is 0. The van der Waals surface area contributed by atoms with Crippen LogP contribution in [0.1, 0.15) is 0 Å². The number of halogens is 3. The van der Waals surface area contributed by atoms with Gasteiger partial charge in [0.25, 0.3) is 0 Å². The zero-order valence-corrected chi connectivity index (χ0v) is 7.71. The molecule has 7 heavy (non-hydrogen) atoms. The van der Waals surface area contributed by atoms with E-state index in [0.29, 0.717) is 0 Å². The maximum Gasteiger partial charge on any atom is 2.00 e. The van der Waals surface area contributed by atoms with Crippen molar-refractivity contribution in [1.29, 1.82) is 0 Å². The molecule has 7 heteroatoms. The minimum atomic E-state index is 0. The predicted octanol–water partition coefficient (Wildman–Crippen LogP) is -1.28. The zero-order valence-electron chi connectivity index (χ0n) is 3.23. The molecule has 0 aromatic heterocycles. The van der Waals surface area contributed by atoms with Crippen molar-refractivity contribution < 1.29 is 9.32 Å². The van der Waals surface area contributed by atoms with Gasteiger partial charge in [-0.3, -0.25) is 0 Å². The maximum absolute atomic E-state index is 7.72. The molecule has 0 unspecified atom stereocenters. The van der Waals surface area contributed by atoms with E-state index in [1.54, 1.807) is 0 Å². The first-order valence-corrected chi connectivity index (χ1v) is 1.58. The summed E-state index contributed by atoms with van der Waals surface area (Å²) < 4.78 is 15.4. The van der Waals surface area contributed by atoms with Gasteiger partial charge in [0, 0.05) is 0 Å². The fourth-order valence-electron chi connectivity index (χ4n) is 0. The molecule has 0 heterocycles. The first-order valence-electron chi connectivity index (χ1n) is 0.527. The summed E-state index contributed by atoms with van der Waals surface area (Å²) in [6.07, 6.45) is 0. The molecule has 0 aliphatic heterocycles. The molecule has 0 spiro atoms. The molecular weight excluding hydrogens is 192 g/mol. The molecule has 2 N–H and O–H groups in total. The van der Waals surface area contributed by atoms with E-state index in [-0.39, 0.29) is 37.7 Å². The van der Waals surface area contributed by atoms with E-state index in [1.807, 2.05) is 0 Å². The molecule has 0 aromatic rings. The third-order valence-corrected chi connectivity index (χ3v) is 0. The quantitative estimate of drug-likeness (QED) is 0.386. The number of hydrogen-bond acceptors (Lipinski definition) is 3. The molecule has 0 saturated heterocycles. The first kappa shape index (κ1) is 23.0. The standard InChI is InChI=1S/Ca.ClH2N.2ClO/c;3*1-2/h;2H2;;/q+2;;2*-1. The summed E-state index contributed by atoms with van der Waals surface area (Å²) in [5, 5.41) is 3.97. The van der Waals surface area contributed by atoms with E-state index < -0.39 is 0 Å². The van der Waals surface area contributed by atoms with Gasteiger partial charge in [0.2, 0.25) is 0 Å². The Morgan fingerprint density at radius 1 is 0.857 bits per heavy atom. The van der Waals surface area contributed by atoms with Crippen molar-refractivity contribution in [1.82, 2.24) is 0 Å². The van der Waals surface area contributed by atoms with Gasteiger partial charge in [-0.15, -0.1) is 0 Å². The second-order valence-corrected chi connectivity index (χ2v) is 0. The van der Waals surface area contributed by atoms with E-state index in [2.05, 4.69) is 40.8 Å². The van der Waals surface area contributed by atoms with Crippen LogP contribution in [0.25, 0.3) is 0 Å². The van der Waals surface area contributed by atoms with E-state index >= 15 is 0 Å². The topological polar surface area (TPSA) is 72.1 Å². The predicted molar refractivity (Wildman–Crippen MR) is 27.5 cm³/mol. The molecule has 0 radical (unpaired) electrons. The third kappa shape index (κ3) is 71.6. The maximum atomic E-state index is 7.72. The normalized spacial score (nSPS) is 2.57. The van der Waals surface area contributed by atoms with Gasteiger partial charge in [-0.2, -0.15) is 0 Å². The number of nitrogens with two attached hydrogens (primary N) is 1. The summed E-state index contributed by atoms with van der Waals surface area (Å²) in [5.74, 6) is 0. The van der Waals surface area contributed by atoms with Crippen LogP contribution in [0.2, 0.25) is 0 Å². The molecule has 0 saturated carbocycles. The largest absolute Gasteiger partial charge is 2.00 e. The minimum Gasteiger partial charge on any atom is -0.769 e. The Hall–Kier alpha value is 2.01. The molecule has 3 nitrogen and oxygen atoms in total. The van der Waals surface area contributed by atoms with Crippen LogP contribution in [-0.4, -0.2) is 37.7 Å². The van der Waals surface area contributed by atoms with Crippen molar-refractivity contribution in [3.8, 4) is 0 Å². The molecule has 42 valence electrons. The van der Waals surface area contributed by atoms with Gasteiger partial charge < -0.3 is 9.32 Å². The van der Waals surface area contributed by atoms with Crippen molar-refractivity contribution in [3.05, 3.63) is 0 Å². The van der Waals surface area contributed by atoms with Crippen LogP contribution >= 0.6 is 35.5 Å². The smallest absolute Gasteiger partial charge is 0.769 e. The van der Waals surface area contributed by atoms with Crippen molar-refractivity contribution >= 4 is 73.2 Å². The van der Waals surface area contributed by atoms with Crippen molar-refractivity contribution in [3.63, 3.8) is 0 Å². The molecule has 0 rings (SSSR count). The second-order valence-electron chi connectivity index (χ2n) is 0. The molecule has 0 aliphatic rings. The van der Waals surface area contributed by atoms with E-state index in [0.717, 1.165) is 0 Å². The van der Waals surface area contributed by atoms with Crippen LogP contribution in [0.3, 0.4) is 0 Å². The van der Waals surface area contributed by atoms with Crippen LogP contribution in [0.15, 0.2) is 0 Å². The number of hydrogen-bond donors (Lipinski definition) is 1. The van der Waals surface area contributed by atoms with Crippen molar-refractivity contribution in [2.45, 2.75) is 0 Å². The second kappa shape index (κ2) is 97.4. The summed E-state index contributed by atoms with van der Waals surface area (Å²) in [6, 6.07) is 0. The average Bonchev–Trinajstić information content (AvgIpc) is 1.81. The Bertz CT molecular complexity index is 12.9. The van der Waals surface area contributed by atoms with Gasteiger partial charge in [0.15, 0.2) is 0 Å². The van der Waals surface area contributed by atoms with Crippen LogP contribution in [0, 0.1) is 0 Å². The third-order valence-electron chi connectivity index (χ3n) is 0. The van der Waals surface area contributed by atoms with Crippen LogP contribution in [0.5, 0.6) is 0 Å². The summed E-state index contributed by atoms with van der Waals surface area (Å²) in [6.45, 7) is 0. The van der Waals surface area contributed by atoms with Gasteiger partial charge in [0.05, 0.1) is 0 Å².